The molecular formula is C20H28N4O. The fraction of sp³-hybridized carbons (Fsp3) is 0.400. The lowest BCUT2D eigenvalue weighted by atomic mass is 10.1. The van der Waals surface area contributed by atoms with Crippen LogP contribution in [0.1, 0.15) is 43.6 Å². The molecule has 2 aromatic rings. The molecule has 0 aliphatic heterocycles. The molecule has 1 aromatic carbocycles. The van der Waals surface area contributed by atoms with E-state index in [0.29, 0.717) is 5.56 Å². The molecular weight excluding hydrogens is 312 g/mol. The van der Waals surface area contributed by atoms with Crippen LogP contribution in [0.5, 0.6) is 0 Å². The van der Waals surface area contributed by atoms with Crippen LogP contribution in [0.2, 0.25) is 0 Å². The average molecular weight is 340 g/mol. The molecule has 2 N–H and O–H groups in total. The first kappa shape index (κ1) is 18.8. The summed E-state index contributed by atoms with van der Waals surface area (Å²) in [5, 5.41) is 6.24. The van der Waals surface area contributed by atoms with Crippen LogP contribution in [0, 0.1) is 6.92 Å². The van der Waals surface area contributed by atoms with Gasteiger partial charge in [-0.25, -0.2) is 0 Å². The van der Waals surface area contributed by atoms with Gasteiger partial charge in [-0.3, -0.25) is 9.78 Å². The zero-order chi connectivity index (χ0) is 18.4. The molecule has 0 aliphatic rings. The van der Waals surface area contributed by atoms with E-state index in [0.717, 1.165) is 30.0 Å². The Morgan fingerprint density at radius 3 is 2.48 bits per heavy atom. The van der Waals surface area contributed by atoms with E-state index in [1.165, 1.54) is 5.69 Å². The molecule has 0 spiro atoms. The molecule has 1 aromatic heterocycles. The summed E-state index contributed by atoms with van der Waals surface area (Å²) in [6, 6.07) is 8.23. The zero-order valence-corrected chi connectivity index (χ0v) is 15.8. The molecule has 0 saturated carbocycles. The fourth-order valence-corrected chi connectivity index (χ4v) is 2.74. The predicted molar refractivity (Wildman–Crippen MR) is 106 cm³/mol. The van der Waals surface area contributed by atoms with Gasteiger partial charge < -0.3 is 15.5 Å². The third-order valence-electron chi connectivity index (χ3n) is 4.04. The summed E-state index contributed by atoms with van der Waals surface area (Å²) in [5.74, 6) is -0.154. The van der Waals surface area contributed by atoms with Crippen LogP contribution >= 0.6 is 0 Å². The van der Waals surface area contributed by atoms with Gasteiger partial charge in [-0.2, -0.15) is 0 Å². The van der Waals surface area contributed by atoms with Gasteiger partial charge in [-0.15, -0.1) is 0 Å². The predicted octanol–water partition coefficient (Wildman–Crippen LogP) is 4.31. The molecule has 0 unspecified atom stereocenters. The van der Waals surface area contributed by atoms with Gasteiger partial charge in [0.05, 0.1) is 11.3 Å². The highest BCUT2D eigenvalue weighted by molar-refractivity contribution is 6.05. The number of hydrogen-bond acceptors (Lipinski definition) is 4. The van der Waals surface area contributed by atoms with Crippen LogP contribution in [0.25, 0.3) is 0 Å². The van der Waals surface area contributed by atoms with Crippen molar-refractivity contribution in [2.24, 2.45) is 0 Å². The van der Waals surface area contributed by atoms with Crippen molar-refractivity contribution in [3.8, 4) is 0 Å². The SMILES string of the molecule is CCN(CC)c1ccc(NC(=O)c2cncc(NC(C)C)c2)c(C)c1. The van der Waals surface area contributed by atoms with E-state index in [1.54, 1.807) is 12.4 Å². The van der Waals surface area contributed by atoms with Gasteiger partial charge in [0.1, 0.15) is 0 Å². The Kier molecular flexibility index (Phi) is 6.39. The van der Waals surface area contributed by atoms with E-state index in [-0.39, 0.29) is 11.9 Å². The topological polar surface area (TPSA) is 57.3 Å². The van der Waals surface area contributed by atoms with Crippen molar-refractivity contribution in [2.75, 3.05) is 28.6 Å². The average Bonchev–Trinajstić information content (AvgIpc) is 2.58. The van der Waals surface area contributed by atoms with Gasteiger partial charge in [0.15, 0.2) is 0 Å². The summed E-state index contributed by atoms with van der Waals surface area (Å²) >= 11 is 0. The lowest BCUT2D eigenvalue weighted by molar-refractivity contribution is 0.102. The first-order valence-corrected chi connectivity index (χ1v) is 8.83. The summed E-state index contributed by atoms with van der Waals surface area (Å²) < 4.78 is 0. The first-order chi connectivity index (χ1) is 11.9. The fourth-order valence-electron chi connectivity index (χ4n) is 2.74. The second-order valence-electron chi connectivity index (χ2n) is 6.39. The smallest absolute Gasteiger partial charge is 0.257 e. The zero-order valence-electron chi connectivity index (χ0n) is 15.8. The Balaban J connectivity index is 2.15. The number of nitrogens with zero attached hydrogens (tertiary/aromatic N) is 2. The normalized spacial score (nSPS) is 10.6. The van der Waals surface area contributed by atoms with Gasteiger partial charge in [-0.1, -0.05) is 0 Å². The maximum atomic E-state index is 12.5. The molecule has 25 heavy (non-hydrogen) atoms. The maximum absolute atomic E-state index is 12.5. The molecule has 2 rings (SSSR count). The number of anilines is 3. The Morgan fingerprint density at radius 1 is 1.16 bits per heavy atom. The standard InChI is InChI=1S/C20H28N4O/c1-6-24(7-2)18-8-9-19(15(5)10-18)23-20(25)16-11-17(13-21-12-16)22-14(3)4/h8-14,22H,6-7H2,1-5H3,(H,23,25). The Morgan fingerprint density at radius 2 is 1.88 bits per heavy atom. The molecule has 5 heteroatoms. The number of rotatable bonds is 7. The molecule has 134 valence electrons. The lowest BCUT2D eigenvalue weighted by Gasteiger charge is -2.22. The molecule has 0 aliphatic carbocycles. The molecule has 1 heterocycles. The largest absolute Gasteiger partial charge is 0.382 e. The maximum Gasteiger partial charge on any atom is 0.257 e. The highest BCUT2D eigenvalue weighted by Gasteiger charge is 2.11. The van der Waals surface area contributed by atoms with Crippen molar-refractivity contribution >= 4 is 23.0 Å². The summed E-state index contributed by atoms with van der Waals surface area (Å²) in [6.45, 7) is 12.3. The van der Waals surface area contributed by atoms with Crippen molar-refractivity contribution in [1.29, 1.82) is 0 Å². The second kappa shape index (κ2) is 8.51. The van der Waals surface area contributed by atoms with E-state index in [1.807, 2.05) is 39.0 Å². The lowest BCUT2D eigenvalue weighted by Crippen LogP contribution is -2.22. The van der Waals surface area contributed by atoms with Gasteiger partial charge >= 0.3 is 0 Å². The minimum Gasteiger partial charge on any atom is -0.382 e. The van der Waals surface area contributed by atoms with Crippen LogP contribution in [-0.2, 0) is 0 Å². The molecule has 0 bridgehead atoms. The van der Waals surface area contributed by atoms with E-state index in [4.69, 9.17) is 0 Å². The number of hydrogen-bond donors (Lipinski definition) is 2. The summed E-state index contributed by atoms with van der Waals surface area (Å²) in [4.78, 5) is 19.0. The number of carbonyl (C=O) groups is 1. The number of amides is 1. The third kappa shape index (κ3) is 4.95. The molecule has 0 radical (unpaired) electrons. The van der Waals surface area contributed by atoms with E-state index >= 15 is 0 Å². The second-order valence-corrected chi connectivity index (χ2v) is 6.39. The molecule has 0 fully saturated rings. The number of nitrogens with one attached hydrogen (secondary N) is 2. The molecule has 1 amide bonds. The Labute approximate surface area is 150 Å². The van der Waals surface area contributed by atoms with Gasteiger partial charge in [0, 0.05) is 42.9 Å². The number of aryl methyl sites for hydroxylation is 1. The number of aromatic nitrogens is 1. The number of benzene rings is 1. The minimum atomic E-state index is -0.154. The van der Waals surface area contributed by atoms with Crippen LogP contribution in [-0.4, -0.2) is 30.0 Å². The van der Waals surface area contributed by atoms with Gasteiger partial charge in [0.2, 0.25) is 0 Å². The van der Waals surface area contributed by atoms with Crippen LogP contribution in [0.4, 0.5) is 17.1 Å². The molecule has 0 atom stereocenters. The van der Waals surface area contributed by atoms with Crippen molar-refractivity contribution in [1.82, 2.24) is 4.98 Å². The number of pyridine rings is 1. The highest BCUT2D eigenvalue weighted by atomic mass is 16.1. The van der Waals surface area contributed by atoms with Gasteiger partial charge in [0.25, 0.3) is 5.91 Å². The van der Waals surface area contributed by atoms with E-state index in [2.05, 4.69) is 40.4 Å². The van der Waals surface area contributed by atoms with Crippen LogP contribution in [0.3, 0.4) is 0 Å². The highest BCUT2D eigenvalue weighted by Crippen LogP contribution is 2.23. The molecule has 5 nitrogen and oxygen atoms in total. The van der Waals surface area contributed by atoms with Crippen molar-refractivity contribution < 1.29 is 4.79 Å². The minimum absolute atomic E-state index is 0.154. The van der Waals surface area contributed by atoms with Crippen molar-refractivity contribution in [3.05, 3.63) is 47.8 Å². The summed E-state index contributed by atoms with van der Waals surface area (Å²) in [7, 11) is 0. The Bertz CT molecular complexity index is 723. The van der Waals surface area contributed by atoms with Gasteiger partial charge in [-0.05, 0) is 64.4 Å². The number of carbonyl (C=O) groups excluding carboxylic acids is 1. The summed E-state index contributed by atoms with van der Waals surface area (Å²) in [5.41, 5.74) is 4.42. The van der Waals surface area contributed by atoms with E-state index in [9.17, 15) is 4.79 Å². The van der Waals surface area contributed by atoms with Crippen molar-refractivity contribution in [2.45, 2.75) is 40.7 Å². The van der Waals surface area contributed by atoms with E-state index < -0.39 is 0 Å². The monoisotopic (exact) mass is 340 g/mol. The third-order valence-corrected chi connectivity index (χ3v) is 4.04. The first-order valence-electron chi connectivity index (χ1n) is 8.83. The Hall–Kier alpha value is -2.56. The van der Waals surface area contributed by atoms with Crippen LogP contribution < -0.4 is 15.5 Å². The quantitative estimate of drug-likeness (QED) is 0.788. The van der Waals surface area contributed by atoms with Crippen molar-refractivity contribution in [3.63, 3.8) is 0 Å². The van der Waals surface area contributed by atoms with Crippen LogP contribution in [0.15, 0.2) is 36.7 Å². The summed E-state index contributed by atoms with van der Waals surface area (Å²) in [6.07, 6.45) is 3.31. The molecule has 0 saturated heterocycles.